The molecule has 5 nitrogen and oxygen atoms in total. The molecule has 0 bridgehead atoms. The molecule has 1 aromatic carbocycles. The molecule has 0 unspecified atom stereocenters. The van der Waals surface area contributed by atoms with Crippen LogP contribution in [0.15, 0.2) is 24.3 Å². The summed E-state index contributed by atoms with van der Waals surface area (Å²) in [5, 5.41) is 12.1. The number of carbonyl (C=O) groups is 2. The normalized spacial score (nSPS) is 16.0. The van der Waals surface area contributed by atoms with Crippen LogP contribution in [0.25, 0.3) is 0 Å². The van der Waals surface area contributed by atoms with Crippen LogP contribution in [-0.4, -0.2) is 24.1 Å². The van der Waals surface area contributed by atoms with Gasteiger partial charge < -0.3 is 15.2 Å². The zero-order valence-corrected chi connectivity index (χ0v) is 12.2. The summed E-state index contributed by atoms with van der Waals surface area (Å²) in [6.45, 7) is 0.888. The lowest BCUT2D eigenvalue weighted by Crippen LogP contribution is -2.42. The van der Waals surface area contributed by atoms with E-state index in [4.69, 9.17) is 4.74 Å². The van der Waals surface area contributed by atoms with Gasteiger partial charge in [0.1, 0.15) is 0 Å². The maximum atomic E-state index is 12.0. The molecule has 5 heteroatoms. The fourth-order valence-corrected chi connectivity index (χ4v) is 2.66. The van der Waals surface area contributed by atoms with Gasteiger partial charge in [0.15, 0.2) is 0 Å². The van der Waals surface area contributed by atoms with E-state index in [9.17, 15) is 14.7 Å². The van der Waals surface area contributed by atoms with Crippen molar-refractivity contribution in [3.8, 4) is 0 Å². The van der Waals surface area contributed by atoms with Crippen molar-refractivity contribution in [3.63, 3.8) is 0 Å². The number of benzene rings is 1. The van der Waals surface area contributed by atoms with Gasteiger partial charge in [0.25, 0.3) is 0 Å². The third-order valence-electron chi connectivity index (χ3n) is 4.16. The second kappa shape index (κ2) is 6.72. The predicted octanol–water partition coefficient (Wildman–Crippen LogP) is 2.09. The van der Waals surface area contributed by atoms with E-state index in [0.29, 0.717) is 26.0 Å². The van der Waals surface area contributed by atoms with Crippen molar-refractivity contribution in [1.82, 2.24) is 5.32 Å². The number of carboxylic acid groups (broad SMARTS) is 1. The first-order valence-corrected chi connectivity index (χ1v) is 7.13. The first-order chi connectivity index (χ1) is 10.1. The standard InChI is InChI=1S/C16H21NO4/c1-21-11-13-6-3-2-5-12(13)10-17-14(18)9-16(15(19)20)7-4-8-16/h2-3,5-6H,4,7-11H2,1H3,(H,17,18)(H,19,20). The van der Waals surface area contributed by atoms with E-state index in [0.717, 1.165) is 17.5 Å². The number of hydrogen-bond acceptors (Lipinski definition) is 3. The molecule has 0 radical (unpaired) electrons. The Kier molecular flexibility index (Phi) is 4.96. The van der Waals surface area contributed by atoms with Gasteiger partial charge >= 0.3 is 5.97 Å². The molecule has 0 saturated heterocycles. The van der Waals surface area contributed by atoms with Crippen molar-refractivity contribution in [1.29, 1.82) is 0 Å². The maximum Gasteiger partial charge on any atom is 0.310 e. The average Bonchev–Trinajstić information content (AvgIpc) is 2.42. The second-order valence-corrected chi connectivity index (χ2v) is 5.59. The molecule has 1 aliphatic rings. The molecule has 0 aromatic heterocycles. The van der Waals surface area contributed by atoms with Crippen molar-refractivity contribution in [3.05, 3.63) is 35.4 Å². The van der Waals surface area contributed by atoms with Crippen LogP contribution in [0.4, 0.5) is 0 Å². The summed E-state index contributed by atoms with van der Waals surface area (Å²) in [6.07, 6.45) is 2.14. The first kappa shape index (κ1) is 15.5. The SMILES string of the molecule is COCc1ccccc1CNC(=O)CC1(C(=O)O)CCC1. The number of nitrogens with one attached hydrogen (secondary N) is 1. The van der Waals surface area contributed by atoms with Gasteiger partial charge in [-0.25, -0.2) is 0 Å². The molecule has 0 atom stereocenters. The largest absolute Gasteiger partial charge is 0.481 e. The Labute approximate surface area is 124 Å². The lowest BCUT2D eigenvalue weighted by atomic mass is 9.66. The van der Waals surface area contributed by atoms with Gasteiger partial charge in [0.2, 0.25) is 5.91 Å². The van der Waals surface area contributed by atoms with Gasteiger partial charge in [0, 0.05) is 20.1 Å². The summed E-state index contributed by atoms with van der Waals surface area (Å²) in [5.74, 6) is -1.06. The highest BCUT2D eigenvalue weighted by atomic mass is 16.5. The van der Waals surface area contributed by atoms with Crippen LogP contribution in [0.5, 0.6) is 0 Å². The van der Waals surface area contributed by atoms with Crippen LogP contribution in [0.1, 0.15) is 36.8 Å². The summed E-state index contributed by atoms with van der Waals surface area (Å²) in [7, 11) is 1.63. The quantitative estimate of drug-likeness (QED) is 0.806. The van der Waals surface area contributed by atoms with Gasteiger partial charge in [-0.15, -0.1) is 0 Å². The van der Waals surface area contributed by atoms with Crippen molar-refractivity contribution in [2.45, 2.75) is 38.8 Å². The van der Waals surface area contributed by atoms with E-state index >= 15 is 0 Å². The van der Waals surface area contributed by atoms with Gasteiger partial charge in [-0.3, -0.25) is 9.59 Å². The summed E-state index contributed by atoms with van der Waals surface area (Å²) in [5.41, 5.74) is 1.18. The molecule has 114 valence electrons. The van der Waals surface area contributed by atoms with E-state index in [1.807, 2.05) is 24.3 Å². The van der Waals surface area contributed by atoms with Gasteiger partial charge in [-0.2, -0.15) is 0 Å². The number of methoxy groups -OCH3 is 1. The number of rotatable bonds is 7. The number of carbonyl (C=O) groups excluding carboxylic acids is 1. The summed E-state index contributed by atoms with van der Waals surface area (Å²) >= 11 is 0. The highest BCUT2D eigenvalue weighted by Gasteiger charge is 2.45. The van der Waals surface area contributed by atoms with Gasteiger partial charge in [-0.05, 0) is 24.0 Å². The van der Waals surface area contributed by atoms with Crippen molar-refractivity contribution in [2.24, 2.45) is 5.41 Å². The zero-order chi connectivity index (χ0) is 15.3. The highest BCUT2D eigenvalue weighted by molar-refractivity contribution is 5.85. The molecule has 2 N–H and O–H groups in total. The van der Waals surface area contributed by atoms with E-state index < -0.39 is 11.4 Å². The maximum absolute atomic E-state index is 12.0. The number of carboxylic acids is 1. The van der Waals surface area contributed by atoms with Crippen LogP contribution in [-0.2, 0) is 27.5 Å². The molecule has 0 heterocycles. The summed E-state index contributed by atoms with van der Waals surface area (Å²) in [4.78, 5) is 23.2. The Balaban J connectivity index is 1.91. The second-order valence-electron chi connectivity index (χ2n) is 5.59. The molecule has 1 aliphatic carbocycles. The minimum atomic E-state index is -0.858. The Morgan fingerprint density at radius 3 is 2.48 bits per heavy atom. The third kappa shape index (κ3) is 3.61. The molecule has 1 fully saturated rings. The van der Waals surface area contributed by atoms with Gasteiger partial charge in [-0.1, -0.05) is 30.7 Å². The van der Waals surface area contributed by atoms with E-state index in [2.05, 4.69) is 5.32 Å². The summed E-state index contributed by atoms with van der Waals surface area (Å²) in [6, 6.07) is 7.72. The van der Waals surface area contributed by atoms with E-state index in [1.54, 1.807) is 7.11 Å². The lowest BCUT2D eigenvalue weighted by molar-refractivity contribution is -0.157. The third-order valence-corrected chi connectivity index (χ3v) is 4.16. The molecular formula is C16H21NO4. The van der Waals surface area contributed by atoms with Crippen LogP contribution < -0.4 is 5.32 Å². The minimum Gasteiger partial charge on any atom is -0.481 e. The summed E-state index contributed by atoms with van der Waals surface area (Å²) < 4.78 is 5.12. The zero-order valence-electron chi connectivity index (χ0n) is 12.2. The fourth-order valence-electron chi connectivity index (χ4n) is 2.66. The Bertz CT molecular complexity index is 523. The molecule has 1 saturated carbocycles. The van der Waals surface area contributed by atoms with E-state index in [-0.39, 0.29) is 12.3 Å². The average molecular weight is 291 g/mol. The number of hydrogen-bond donors (Lipinski definition) is 2. The highest BCUT2D eigenvalue weighted by Crippen LogP contribution is 2.44. The van der Waals surface area contributed by atoms with E-state index in [1.165, 1.54) is 0 Å². The fraction of sp³-hybridized carbons (Fsp3) is 0.500. The Morgan fingerprint density at radius 1 is 1.29 bits per heavy atom. The number of aliphatic carboxylic acids is 1. The van der Waals surface area contributed by atoms with Crippen LogP contribution in [0.2, 0.25) is 0 Å². The van der Waals surface area contributed by atoms with Crippen LogP contribution in [0, 0.1) is 5.41 Å². The minimum absolute atomic E-state index is 0.0643. The molecular weight excluding hydrogens is 270 g/mol. The molecule has 2 rings (SSSR count). The Morgan fingerprint density at radius 2 is 1.95 bits per heavy atom. The van der Waals surface area contributed by atoms with Gasteiger partial charge in [0.05, 0.1) is 12.0 Å². The predicted molar refractivity (Wildman–Crippen MR) is 77.5 cm³/mol. The number of amides is 1. The smallest absolute Gasteiger partial charge is 0.310 e. The first-order valence-electron chi connectivity index (χ1n) is 7.13. The van der Waals surface area contributed by atoms with Crippen molar-refractivity contribution >= 4 is 11.9 Å². The molecule has 0 aliphatic heterocycles. The van der Waals surface area contributed by atoms with Crippen LogP contribution in [0.3, 0.4) is 0 Å². The topological polar surface area (TPSA) is 75.6 Å². The Hall–Kier alpha value is -1.88. The van der Waals surface area contributed by atoms with Crippen LogP contribution >= 0.6 is 0 Å². The lowest BCUT2D eigenvalue weighted by Gasteiger charge is -2.36. The molecule has 0 spiro atoms. The number of ether oxygens (including phenoxy) is 1. The van der Waals surface area contributed by atoms with Crippen molar-refractivity contribution in [2.75, 3.05) is 7.11 Å². The van der Waals surface area contributed by atoms with Crippen molar-refractivity contribution < 1.29 is 19.4 Å². The molecule has 1 aromatic rings. The molecule has 1 amide bonds. The molecule has 21 heavy (non-hydrogen) atoms. The monoisotopic (exact) mass is 291 g/mol.